The first kappa shape index (κ1) is 29.8. The van der Waals surface area contributed by atoms with Crippen molar-refractivity contribution >= 4 is 52.1 Å². The zero-order valence-electron chi connectivity index (χ0n) is 23.7. The van der Waals surface area contributed by atoms with Crippen LogP contribution >= 0.6 is 23.2 Å². The normalized spacial score (nSPS) is 11.2. The smallest absolute Gasteiger partial charge is 0.296 e. The van der Waals surface area contributed by atoms with Gasteiger partial charge in [0, 0.05) is 48.2 Å². The van der Waals surface area contributed by atoms with Crippen LogP contribution in [0.3, 0.4) is 0 Å². The number of carbonyl (C=O) groups is 2. The average molecular weight is 619 g/mol. The van der Waals surface area contributed by atoms with Crippen molar-refractivity contribution < 1.29 is 19.1 Å². The predicted molar refractivity (Wildman–Crippen MR) is 168 cm³/mol. The zero-order chi connectivity index (χ0) is 30.5. The number of ether oxygens (including phenoxy) is 2. The minimum absolute atomic E-state index is 0.117. The first-order valence-electron chi connectivity index (χ1n) is 13.3. The van der Waals surface area contributed by atoms with Crippen LogP contribution in [0.4, 0.5) is 0 Å². The fourth-order valence-corrected chi connectivity index (χ4v) is 5.18. The fourth-order valence-electron chi connectivity index (χ4n) is 4.61. The van der Waals surface area contributed by atoms with Crippen molar-refractivity contribution in [1.29, 1.82) is 0 Å². The summed E-state index contributed by atoms with van der Waals surface area (Å²) in [4.78, 5) is 28.8. The number of fused-ring (bicyclic) bond motifs is 1. The number of aryl methyl sites for hydroxylation is 1. The molecule has 0 saturated carbocycles. The van der Waals surface area contributed by atoms with E-state index in [-0.39, 0.29) is 25.0 Å². The van der Waals surface area contributed by atoms with Gasteiger partial charge in [-0.15, -0.1) is 0 Å². The maximum Gasteiger partial charge on any atom is 0.296 e. The van der Waals surface area contributed by atoms with E-state index in [4.69, 9.17) is 32.7 Å². The third-order valence-electron chi connectivity index (χ3n) is 6.92. The minimum atomic E-state index is -0.264. The molecular formula is C32H29Cl2N5O4. The molecule has 2 heterocycles. The highest BCUT2D eigenvalue weighted by Crippen LogP contribution is 2.34. The van der Waals surface area contributed by atoms with Crippen LogP contribution in [0.5, 0.6) is 11.8 Å². The molecule has 0 aliphatic rings. The molecule has 0 spiro atoms. The standard InChI is InChI=1S/C32H29Cl2N5O4/c1-35-31(41)21-12-9-20(10-13-21)11-16-28(40)36-18-22-6-5-17-39(22)25-15-14-24(33)23(29(25)34)19-43-27-8-4-7-26-30(27)37-32(42-3)38(26)2/h4-17H,18-19H2,1-3H3,(H,35,41)(H,36,40)/b16-11+. The van der Waals surface area contributed by atoms with Crippen LogP contribution in [0.25, 0.3) is 22.8 Å². The number of methoxy groups -OCH3 is 1. The molecule has 9 nitrogen and oxygen atoms in total. The van der Waals surface area contributed by atoms with Crippen molar-refractivity contribution in [3.05, 3.63) is 111 Å². The molecule has 0 bridgehead atoms. The molecule has 0 aliphatic carbocycles. The molecule has 2 aromatic heterocycles. The summed E-state index contributed by atoms with van der Waals surface area (Å²) in [5.41, 5.74) is 5.02. The van der Waals surface area contributed by atoms with Crippen molar-refractivity contribution in [3.63, 3.8) is 0 Å². The van der Waals surface area contributed by atoms with E-state index in [0.29, 0.717) is 44.1 Å². The van der Waals surface area contributed by atoms with Gasteiger partial charge >= 0.3 is 0 Å². The van der Waals surface area contributed by atoms with Crippen LogP contribution in [0.1, 0.15) is 27.2 Å². The summed E-state index contributed by atoms with van der Waals surface area (Å²) < 4.78 is 15.2. The number of nitrogens with zero attached hydrogens (tertiary/aromatic N) is 3. The Bertz CT molecular complexity index is 1830. The molecule has 0 radical (unpaired) electrons. The van der Waals surface area contributed by atoms with E-state index in [1.807, 2.05) is 58.8 Å². The molecular weight excluding hydrogens is 589 g/mol. The van der Waals surface area contributed by atoms with Gasteiger partial charge in [0.25, 0.3) is 11.9 Å². The van der Waals surface area contributed by atoms with Gasteiger partial charge in [-0.3, -0.25) is 14.2 Å². The van der Waals surface area contributed by atoms with Crippen LogP contribution in [0.2, 0.25) is 10.0 Å². The molecule has 0 saturated heterocycles. The van der Waals surface area contributed by atoms with Gasteiger partial charge in [0.2, 0.25) is 5.91 Å². The van der Waals surface area contributed by atoms with Gasteiger partial charge in [-0.25, -0.2) is 0 Å². The number of aromatic nitrogens is 3. The molecule has 5 aromatic rings. The van der Waals surface area contributed by atoms with E-state index in [1.165, 1.54) is 6.08 Å². The molecule has 0 fully saturated rings. The summed E-state index contributed by atoms with van der Waals surface area (Å²) in [7, 11) is 5.02. The number of benzene rings is 3. The van der Waals surface area contributed by atoms with Crippen molar-refractivity contribution in [1.82, 2.24) is 24.8 Å². The molecule has 220 valence electrons. The largest absolute Gasteiger partial charge is 0.486 e. The lowest BCUT2D eigenvalue weighted by molar-refractivity contribution is -0.116. The molecule has 3 aromatic carbocycles. The van der Waals surface area contributed by atoms with Gasteiger partial charge in [-0.1, -0.05) is 41.4 Å². The lowest BCUT2D eigenvalue weighted by Crippen LogP contribution is -2.21. The van der Waals surface area contributed by atoms with Crippen LogP contribution in [-0.4, -0.2) is 40.1 Å². The van der Waals surface area contributed by atoms with Crippen molar-refractivity contribution in [2.24, 2.45) is 7.05 Å². The quantitative estimate of drug-likeness (QED) is 0.189. The number of carbonyl (C=O) groups excluding carboxylic acids is 2. The molecule has 43 heavy (non-hydrogen) atoms. The van der Waals surface area contributed by atoms with E-state index in [1.54, 1.807) is 50.6 Å². The summed E-state index contributed by atoms with van der Waals surface area (Å²) in [6.45, 7) is 0.381. The van der Waals surface area contributed by atoms with E-state index >= 15 is 0 Å². The summed E-state index contributed by atoms with van der Waals surface area (Å²) in [5, 5.41) is 6.38. The van der Waals surface area contributed by atoms with E-state index < -0.39 is 0 Å². The van der Waals surface area contributed by atoms with E-state index in [9.17, 15) is 9.59 Å². The van der Waals surface area contributed by atoms with Crippen LogP contribution in [-0.2, 0) is 25.0 Å². The summed E-state index contributed by atoms with van der Waals surface area (Å²) in [6.07, 6.45) is 5.00. The zero-order valence-corrected chi connectivity index (χ0v) is 25.2. The van der Waals surface area contributed by atoms with Crippen LogP contribution in [0.15, 0.2) is 79.0 Å². The minimum Gasteiger partial charge on any atom is -0.486 e. The Kier molecular flexibility index (Phi) is 9.04. The average Bonchev–Trinajstić information content (AvgIpc) is 3.63. The maximum atomic E-state index is 12.6. The lowest BCUT2D eigenvalue weighted by Gasteiger charge is -2.16. The van der Waals surface area contributed by atoms with Gasteiger partial charge in [0.1, 0.15) is 17.9 Å². The second-order valence-electron chi connectivity index (χ2n) is 9.55. The van der Waals surface area contributed by atoms with E-state index in [2.05, 4.69) is 15.6 Å². The highest BCUT2D eigenvalue weighted by atomic mass is 35.5. The van der Waals surface area contributed by atoms with Gasteiger partial charge in [-0.05, 0) is 60.2 Å². The Morgan fingerprint density at radius 3 is 2.56 bits per heavy atom. The number of para-hydroxylation sites is 1. The molecule has 0 aliphatic heterocycles. The van der Waals surface area contributed by atoms with Crippen molar-refractivity contribution in [2.75, 3.05) is 14.2 Å². The molecule has 2 N–H and O–H groups in total. The first-order chi connectivity index (χ1) is 20.8. The number of nitrogens with one attached hydrogen (secondary N) is 2. The Hall–Kier alpha value is -4.73. The Labute approximate surface area is 258 Å². The summed E-state index contributed by atoms with van der Waals surface area (Å²) in [6, 6.07) is 20.5. The van der Waals surface area contributed by atoms with E-state index in [0.717, 1.165) is 16.8 Å². The topological polar surface area (TPSA) is 99.4 Å². The predicted octanol–water partition coefficient (Wildman–Crippen LogP) is 5.95. The molecule has 2 amide bonds. The fraction of sp³-hybridized carbons (Fsp3) is 0.156. The summed E-state index contributed by atoms with van der Waals surface area (Å²) >= 11 is 13.4. The monoisotopic (exact) mass is 617 g/mol. The second kappa shape index (κ2) is 13.1. The first-order valence-corrected chi connectivity index (χ1v) is 14.1. The van der Waals surface area contributed by atoms with Gasteiger partial charge in [0.15, 0.2) is 0 Å². The van der Waals surface area contributed by atoms with Gasteiger partial charge in [0.05, 0.1) is 29.9 Å². The number of rotatable bonds is 10. The van der Waals surface area contributed by atoms with Crippen molar-refractivity contribution in [2.45, 2.75) is 13.2 Å². The Balaban J connectivity index is 1.28. The lowest BCUT2D eigenvalue weighted by atomic mass is 10.1. The van der Waals surface area contributed by atoms with Gasteiger partial charge < -0.3 is 24.7 Å². The maximum absolute atomic E-state index is 12.6. The number of amides is 2. The second-order valence-corrected chi connectivity index (χ2v) is 10.3. The van der Waals surface area contributed by atoms with Crippen LogP contribution in [0, 0.1) is 0 Å². The SMILES string of the molecule is CNC(=O)c1ccc(/C=C/C(=O)NCc2cccn2-c2ccc(Cl)c(COc3cccc4c3nc(OC)n4C)c2Cl)cc1. The number of hydrogen-bond acceptors (Lipinski definition) is 5. The highest BCUT2D eigenvalue weighted by Gasteiger charge is 2.17. The molecule has 5 rings (SSSR count). The number of hydrogen-bond donors (Lipinski definition) is 2. The van der Waals surface area contributed by atoms with Crippen LogP contribution < -0.4 is 20.1 Å². The Morgan fingerprint density at radius 2 is 1.81 bits per heavy atom. The number of imidazole rings is 1. The third kappa shape index (κ3) is 6.38. The third-order valence-corrected chi connectivity index (χ3v) is 7.69. The number of halogens is 2. The summed E-state index contributed by atoms with van der Waals surface area (Å²) in [5.74, 6) is 0.147. The molecule has 0 atom stereocenters. The van der Waals surface area contributed by atoms with Gasteiger partial charge in [-0.2, -0.15) is 4.98 Å². The Morgan fingerprint density at radius 1 is 1.02 bits per heavy atom. The van der Waals surface area contributed by atoms with Crippen molar-refractivity contribution in [3.8, 4) is 17.4 Å². The highest BCUT2D eigenvalue weighted by molar-refractivity contribution is 6.37. The molecule has 11 heteroatoms. The molecule has 0 unspecified atom stereocenters.